The number of allylic oxidation sites excluding steroid dienone is 1. The number of nitrogens with zero attached hydrogens (tertiary/aromatic N) is 4. The molecule has 1 saturated heterocycles. The Morgan fingerprint density at radius 2 is 2.17 bits per heavy atom. The standard InChI is InChI=1S/C30H35BrN6O4/c1-20(6-2-3-14-36-19-24(12-15-38)34-35-36)30(41)25-17-22(31)10-11-27(25)37(29(30)40)18-21-7-4-8-23(16-21)33-28(39)26-9-5-13-32-26/h2,4,6-8,10-11,16-17,19-20,26,32,38,41H,3,5,9,12-15,18H2,1H3,(H,33,39)/b6-2+/t20-,26+,30+/m0/s1. The van der Waals surface area contributed by atoms with Crippen LogP contribution in [0.2, 0.25) is 0 Å². The van der Waals surface area contributed by atoms with Crippen molar-refractivity contribution in [3.05, 3.63) is 82.1 Å². The van der Waals surface area contributed by atoms with E-state index in [2.05, 4.69) is 36.9 Å². The quantitative estimate of drug-likeness (QED) is 0.241. The van der Waals surface area contributed by atoms with E-state index in [0.717, 1.165) is 35.1 Å². The SMILES string of the molecule is C[C@@H](/C=C/CCn1cc(CCO)nn1)[C@]1(O)C(=O)N(Cc2cccc(NC(=O)[C@H]3CCCN3)c2)c2ccc(Br)cc21. The summed E-state index contributed by atoms with van der Waals surface area (Å²) in [5, 5.41) is 35.3. The molecule has 4 N–H and O–H groups in total. The van der Waals surface area contributed by atoms with Crippen molar-refractivity contribution in [3.8, 4) is 0 Å². The van der Waals surface area contributed by atoms with Gasteiger partial charge in [0.2, 0.25) is 5.91 Å². The van der Waals surface area contributed by atoms with Gasteiger partial charge in [0.15, 0.2) is 5.60 Å². The molecule has 2 aromatic carbocycles. The van der Waals surface area contributed by atoms with Crippen LogP contribution in [0.3, 0.4) is 0 Å². The van der Waals surface area contributed by atoms with Crippen LogP contribution in [-0.2, 0) is 34.7 Å². The zero-order valence-corrected chi connectivity index (χ0v) is 24.5. The number of aliphatic hydroxyl groups excluding tert-OH is 1. The zero-order chi connectivity index (χ0) is 29.0. The summed E-state index contributed by atoms with van der Waals surface area (Å²) in [6.07, 6.45) is 8.51. The minimum atomic E-state index is -1.74. The molecule has 0 unspecified atom stereocenters. The number of hydrogen-bond acceptors (Lipinski definition) is 7. The van der Waals surface area contributed by atoms with Crippen LogP contribution in [0.5, 0.6) is 0 Å². The molecule has 216 valence electrons. The minimum Gasteiger partial charge on any atom is -0.396 e. The normalized spacial score (nSPS) is 21.0. The Labute approximate surface area is 247 Å². The number of halogens is 1. The molecule has 0 radical (unpaired) electrons. The Morgan fingerprint density at radius 3 is 2.95 bits per heavy atom. The van der Waals surface area contributed by atoms with Gasteiger partial charge >= 0.3 is 0 Å². The lowest BCUT2D eigenvalue weighted by molar-refractivity contribution is -0.139. The first-order valence-corrected chi connectivity index (χ1v) is 14.7. The second-order valence-electron chi connectivity index (χ2n) is 10.6. The average Bonchev–Trinajstić information content (AvgIpc) is 3.70. The van der Waals surface area contributed by atoms with Gasteiger partial charge in [-0.1, -0.05) is 52.4 Å². The number of hydrogen-bond donors (Lipinski definition) is 4. The van der Waals surface area contributed by atoms with Crippen LogP contribution in [-0.4, -0.2) is 56.2 Å². The number of aryl methyl sites for hydroxylation is 1. The van der Waals surface area contributed by atoms with Gasteiger partial charge in [0.05, 0.1) is 24.0 Å². The fourth-order valence-electron chi connectivity index (χ4n) is 5.47. The summed E-state index contributed by atoms with van der Waals surface area (Å²) >= 11 is 3.50. The maximum Gasteiger partial charge on any atom is 0.264 e. The molecule has 3 aromatic rings. The van der Waals surface area contributed by atoms with Crippen molar-refractivity contribution in [2.24, 2.45) is 5.92 Å². The summed E-state index contributed by atoms with van der Waals surface area (Å²) in [6, 6.07) is 12.8. The minimum absolute atomic E-state index is 0.0253. The maximum atomic E-state index is 13.9. The van der Waals surface area contributed by atoms with E-state index >= 15 is 0 Å². The number of benzene rings is 2. The number of aromatic nitrogens is 3. The number of carbonyl (C=O) groups is 2. The molecule has 11 heteroatoms. The molecule has 3 atom stereocenters. The smallest absolute Gasteiger partial charge is 0.264 e. The summed E-state index contributed by atoms with van der Waals surface area (Å²) < 4.78 is 2.49. The highest BCUT2D eigenvalue weighted by molar-refractivity contribution is 9.10. The Bertz CT molecular complexity index is 1440. The number of fused-ring (bicyclic) bond motifs is 1. The monoisotopic (exact) mass is 622 g/mol. The topological polar surface area (TPSA) is 133 Å². The van der Waals surface area contributed by atoms with Crippen molar-refractivity contribution in [2.45, 2.75) is 57.3 Å². The van der Waals surface area contributed by atoms with E-state index in [9.17, 15) is 14.7 Å². The summed E-state index contributed by atoms with van der Waals surface area (Å²) in [5.41, 5.74) is 1.71. The lowest BCUT2D eigenvalue weighted by atomic mass is 9.83. The first kappa shape index (κ1) is 29.1. The van der Waals surface area contributed by atoms with Gasteiger partial charge in [-0.25, -0.2) is 0 Å². The lowest BCUT2D eigenvalue weighted by Gasteiger charge is -2.28. The lowest BCUT2D eigenvalue weighted by Crippen LogP contribution is -2.44. The fourth-order valence-corrected chi connectivity index (χ4v) is 5.83. The third kappa shape index (κ3) is 6.28. The number of rotatable bonds is 11. The fraction of sp³-hybridized carbons (Fsp3) is 0.400. The Kier molecular flexibility index (Phi) is 8.98. The molecule has 2 aliphatic heterocycles. The second-order valence-corrected chi connectivity index (χ2v) is 11.5. The molecule has 0 aliphatic carbocycles. The number of nitrogens with one attached hydrogen (secondary N) is 2. The molecule has 41 heavy (non-hydrogen) atoms. The Hall–Kier alpha value is -3.38. The number of amides is 2. The van der Waals surface area contributed by atoms with Crippen LogP contribution in [0.4, 0.5) is 11.4 Å². The molecule has 5 rings (SSSR count). The van der Waals surface area contributed by atoms with Crippen LogP contribution in [0.1, 0.15) is 43.0 Å². The van der Waals surface area contributed by atoms with E-state index in [4.69, 9.17) is 5.11 Å². The van der Waals surface area contributed by atoms with E-state index in [1.54, 1.807) is 21.8 Å². The predicted molar refractivity (Wildman–Crippen MR) is 159 cm³/mol. The maximum absolute atomic E-state index is 13.9. The molecule has 0 bridgehead atoms. The molecular weight excluding hydrogens is 588 g/mol. The van der Waals surface area contributed by atoms with Crippen molar-refractivity contribution >= 4 is 39.1 Å². The van der Waals surface area contributed by atoms with Crippen molar-refractivity contribution in [1.29, 1.82) is 0 Å². The zero-order valence-electron chi connectivity index (χ0n) is 23.0. The van der Waals surface area contributed by atoms with E-state index in [1.807, 2.05) is 55.5 Å². The number of anilines is 2. The first-order chi connectivity index (χ1) is 19.8. The molecule has 2 amide bonds. The molecule has 3 heterocycles. The van der Waals surface area contributed by atoms with E-state index in [1.165, 1.54) is 0 Å². The summed E-state index contributed by atoms with van der Waals surface area (Å²) in [4.78, 5) is 28.1. The number of aliphatic hydroxyl groups is 2. The Morgan fingerprint density at radius 1 is 1.32 bits per heavy atom. The molecule has 2 aliphatic rings. The third-order valence-electron chi connectivity index (χ3n) is 7.71. The van der Waals surface area contributed by atoms with Crippen molar-refractivity contribution in [1.82, 2.24) is 20.3 Å². The largest absolute Gasteiger partial charge is 0.396 e. The van der Waals surface area contributed by atoms with Crippen LogP contribution < -0.4 is 15.5 Å². The average molecular weight is 624 g/mol. The van der Waals surface area contributed by atoms with Gasteiger partial charge in [0, 0.05) is 47.4 Å². The van der Waals surface area contributed by atoms with Gasteiger partial charge in [0.1, 0.15) is 0 Å². The highest BCUT2D eigenvalue weighted by Gasteiger charge is 2.52. The van der Waals surface area contributed by atoms with Crippen LogP contribution in [0.15, 0.2) is 65.3 Å². The van der Waals surface area contributed by atoms with Gasteiger partial charge in [-0.3, -0.25) is 14.3 Å². The van der Waals surface area contributed by atoms with Crippen molar-refractivity contribution in [2.75, 3.05) is 23.4 Å². The Balaban J connectivity index is 1.30. The van der Waals surface area contributed by atoms with E-state index < -0.39 is 17.4 Å². The first-order valence-electron chi connectivity index (χ1n) is 13.9. The van der Waals surface area contributed by atoms with Crippen molar-refractivity contribution in [3.63, 3.8) is 0 Å². The molecule has 1 aromatic heterocycles. The molecular formula is C30H35BrN6O4. The van der Waals surface area contributed by atoms with E-state index in [-0.39, 0.29) is 25.1 Å². The van der Waals surface area contributed by atoms with Gasteiger partial charge in [0.25, 0.3) is 5.91 Å². The van der Waals surface area contributed by atoms with E-state index in [0.29, 0.717) is 36.3 Å². The summed E-state index contributed by atoms with van der Waals surface area (Å²) in [6.45, 7) is 3.55. The van der Waals surface area contributed by atoms with Gasteiger partial charge in [-0.05, 0) is 61.7 Å². The highest BCUT2D eigenvalue weighted by atomic mass is 79.9. The molecule has 0 saturated carbocycles. The third-order valence-corrected chi connectivity index (χ3v) is 8.20. The molecule has 1 fully saturated rings. The highest BCUT2D eigenvalue weighted by Crippen LogP contribution is 2.46. The molecule has 10 nitrogen and oxygen atoms in total. The summed E-state index contributed by atoms with van der Waals surface area (Å²) in [5.74, 6) is -0.952. The van der Waals surface area contributed by atoms with Crippen LogP contribution in [0, 0.1) is 5.92 Å². The van der Waals surface area contributed by atoms with Crippen LogP contribution >= 0.6 is 15.9 Å². The van der Waals surface area contributed by atoms with Gasteiger partial charge in [-0.2, -0.15) is 0 Å². The number of carbonyl (C=O) groups excluding carboxylic acids is 2. The molecule has 0 spiro atoms. The van der Waals surface area contributed by atoms with Gasteiger partial charge in [-0.15, -0.1) is 5.10 Å². The summed E-state index contributed by atoms with van der Waals surface area (Å²) in [7, 11) is 0. The van der Waals surface area contributed by atoms with Gasteiger partial charge < -0.3 is 25.7 Å². The predicted octanol–water partition coefficient (Wildman–Crippen LogP) is 3.28. The van der Waals surface area contributed by atoms with Crippen molar-refractivity contribution < 1.29 is 19.8 Å². The second kappa shape index (κ2) is 12.6. The van der Waals surface area contributed by atoms with Crippen LogP contribution in [0.25, 0.3) is 0 Å².